The van der Waals surface area contributed by atoms with E-state index in [0.717, 1.165) is 63.4 Å². The summed E-state index contributed by atoms with van der Waals surface area (Å²) in [6.07, 6.45) is 0. The molecule has 0 radical (unpaired) electrons. The largest absolute Gasteiger partial charge is 0.379 e. The minimum atomic E-state index is 0.313. The van der Waals surface area contributed by atoms with Crippen LogP contribution in [0.5, 0.6) is 0 Å². The maximum absolute atomic E-state index is 5.41. The minimum absolute atomic E-state index is 0.313. The van der Waals surface area contributed by atoms with Gasteiger partial charge in [-0.3, -0.25) is 4.90 Å². The first kappa shape index (κ1) is 19.6. The molecule has 0 aliphatic carbocycles. The standard InChI is InChI=1S/C21H31N5O/c1-17(2)26(16-19-7-5-4-6-8-19)21-23-18(3)15-20(24-21)22-9-10-25-11-13-27-14-12-25/h4-8,15,17H,9-14,16H2,1-3H3,(H,22,23,24). The van der Waals surface area contributed by atoms with Crippen molar-refractivity contribution in [2.45, 2.75) is 33.4 Å². The van der Waals surface area contributed by atoms with Gasteiger partial charge in [-0.25, -0.2) is 4.98 Å². The molecule has 27 heavy (non-hydrogen) atoms. The van der Waals surface area contributed by atoms with Crippen molar-refractivity contribution in [3.05, 3.63) is 47.7 Å². The lowest BCUT2D eigenvalue weighted by molar-refractivity contribution is 0.0398. The van der Waals surface area contributed by atoms with E-state index in [1.54, 1.807) is 0 Å². The van der Waals surface area contributed by atoms with Crippen LogP contribution < -0.4 is 10.2 Å². The summed E-state index contributed by atoms with van der Waals surface area (Å²) < 4.78 is 5.41. The summed E-state index contributed by atoms with van der Waals surface area (Å²) in [6.45, 7) is 12.7. The number of hydrogen-bond donors (Lipinski definition) is 1. The van der Waals surface area contributed by atoms with E-state index in [2.05, 4.69) is 53.2 Å². The Kier molecular flexibility index (Phi) is 7.01. The van der Waals surface area contributed by atoms with Gasteiger partial charge in [0, 0.05) is 50.5 Å². The van der Waals surface area contributed by atoms with Gasteiger partial charge in [-0.1, -0.05) is 30.3 Å². The summed E-state index contributed by atoms with van der Waals surface area (Å²) in [5, 5.41) is 3.47. The maximum Gasteiger partial charge on any atom is 0.228 e. The third kappa shape index (κ3) is 5.91. The molecule has 6 nitrogen and oxygen atoms in total. The molecule has 6 heteroatoms. The average Bonchev–Trinajstić information content (AvgIpc) is 2.67. The van der Waals surface area contributed by atoms with E-state index in [4.69, 9.17) is 14.7 Å². The van der Waals surface area contributed by atoms with Crippen LogP contribution in [0.1, 0.15) is 25.1 Å². The second kappa shape index (κ2) is 9.67. The number of aromatic nitrogens is 2. The Morgan fingerprint density at radius 3 is 2.59 bits per heavy atom. The molecule has 0 atom stereocenters. The zero-order chi connectivity index (χ0) is 19.1. The van der Waals surface area contributed by atoms with E-state index < -0.39 is 0 Å². The summed E-state index contributed by atoms with van der Waals surface area (Å²) in [7, 11) is 0. The van der Waals surface area contributed by atoms with Crippen LogP contribution in [0, 0.1) is 6.92 Å². The van der Waals surface area contributed by atoms with Crippen LogP contribution in [0.2, 0.25) is 0 Å². The fourth-order valence-electron chi connectivity index (χ4n) is 3.20. The molecule has 1 aromatic carbocycles. The summed E-state index contributed by atoms with van der Waals surface area (Å²) >= 11 is 0. The number of aryl methyl sites for hydroxylation is 1. The van der Waals surface area contributed by atoms with Gasteiger partial charge in [0.05, 0.1) is 13.2 Å². The Balaban J connectivity index is 1.66. The number of nitrogens with one attached hydrogen (secondary N) is 1. The SMILES string of the molecule is Cc1cc(NCCN2CCOCC2)nc(N(Cc2ccccc2)C(C)C)n1. The first-order valence-electron chi connectivity index (χ1n) is 9.82. The molecule has 0 unspecified atom stereocenters. The van der Waals surface area contributed by atoms with Gasteiger partial charge in [0.25, 0.3) is 0 Å². The monoisotopic (exact) mass is 369 g/mol. The number of rotatable bonds is 8. The average molecular weight is 370 g/mol. The van der Waals surface area contributed by atoms with Crippen molar-refractivity contribution in [2.24, 2.45) is 0 Å². The molecule has 0 spiro atoms. The summed E-state index contributed by atoms with van der Waals surface area (Å²) in [5.74, 6) is 1.67. The first-order chi connectivity index (χ1) is 13.1. The molecule has 1 N–H and O–H groups in total. The first-order valence-corrected chi connectivity index (χ1v) is 9.82. The maximum atomic E-state index is 5.41. The Morgan fingerprint density at radius 1 is 1.15 bits per heavy atom. The van der Waals surface area contributed by atoms with E-state index in [9.17, 15) is 0 Å². The van der Waals surface area contributed by atoms with Crippen molar-refractivity contribution in [3.63, 3.8) is 0 Å². The summed E-state index contributed by atoms with van der Waals surface area (Å²) in [6, 6.07) is 12.8. The number of nitrogens with zero attached hydrogens (tertiary/aromatic N) is 4. The lowest BCUT2D eigenvalue weighted by Crippen LogP contribution is -2.39. The Labute approximate surface area is 162 Å². The van der Waals surface area contributed by atoms with Crippen LogP contribution in [0.25, 0.3) is 0 Å². The van der Waals surface area contributed by atoms with E-state index in [1.165, 1.54) is 5.56 Å². The third-order valence-corrected chi connectivity index (χ3v) is 4.76. The fourth-order valence-corrected chi connectivity index (χ4v) is 3.20. The highest BCUT2D eigenvalue weighted by atomic mass is 16.5. The molecule has 3 rings (SSSR count). The van der Waals surface area contributed by atoms with Gasteiger partial charge in [-0.2, -0.15) is 4.98 Å². The topological polar surface area (TPSA) is 53.5 Å². The van der Waals surface area contributed by atoms with Gasteiger partial charge in [0.2, 0.25) is 5.95 Å². The zero-order valence-electron chi connectivity index (χ0n) is 16.7. The lowest BCUT2D eigenvalue weighted by Gasteiger charge is -2.28. The smallest absolute Gasteiger partial charge is 0.228 e. The summed E-state index contributed by atoms with van der Waals surface area (Å²) in [4.78, 5) is 14.2. The van der Waals surface area contributed by atoms with E-state index in [0.29, 0.717) is 6.04 Å². The van der Waals surface area contributed by atoms with Gasteiger partial charge in [-0.05, 0) is 26.3 Å². The minimum Gasteiger partial charge on any atom is -0.379 e. The highest BCUT2D eigenvalue weighted by Crippen LogP contribution is 2.19. The van der Waals surface area contributed by atoms with Crippen molar-refractivity contribution < 1.29 is 4.74 Å². The number of anilines is 2. The van der Waals surface area contributed by atoms with Gasteiger partial charge < -0.3 is 15.0 Å². The molecule has 1 aliphatic heterocycles. The molecular weight excluding hydrogens is 338 g/mol. The van der Waals surface area contributed by atoms with Crippen LogP contribution >= 0.6 is 0 Å². The number of ether oxygens (including phenoxy) is 1. The van der Waals surface area contributed by atoms with Crippen molar-refractivity contribution in [2.75, 3.05) is 49.6 Å². The molecular formula is C21H31N5O. The van der Waals surface area contributed by atoms with Gasteiger partial charge in [0.15, 0.2) is 0 Å². The quantitative estimate of drug-likeness (QED) is 0.772. The second-order valence-corrected chi connectivity index (χ2v) is 7.28. The van der Waals surface area contributed by atoms with Crippen molar-refractivity contribution >= 4 is 11.8 Å². The van der Waals surface area contributed by atoms with Crippen molar-refractivity contribution in [3.8, 4) is 0 Å². The van der Waals surface area contributed by atoms with Crippen LogP contribution in [0.3, 0.4) is 0 Å². The summed E-state index contributed by atoms with van der Waals surface area (Å²) in [5.41, 5.74) is 2.24. The predicted molar refractivity (Wildman–Crippen MR) is 110 cm³/mol. The van der Waals surface area contributed by atoms with E-state index in [1.807, 2.05) is 19.1 Å². The van der Waals surface area contributed by atoms with Crippen LogP contribution in [0.15, 0.2) is 36.4 Å². The molecule has 0 bridgehead atoms. The van der Waals surface area contributed by atoms with E-state index >= 15 is 0 Å². The molecule has 1 saturated heterocycles. The lowest BCUT2D eigenvalue weighted by atomic mass is 10.2. The normalized spacial score (nSPS) is 15.1. The number of hydrogen-bond acceptors (Lipinski definition) is 6. The fraction of sp³-hybridized carbons (Fsp3) is 0.524. The van der Waals surface area contributed by atoms with Gasteiger partial charge in [0.1, 0.15) is 5.82 Å². The molecule has 146 valence electrons. The van der Waals surface area contributed by atoms with Crippen LogP contribution in [-0.4, -0.2) is 60.3 Å². The van der Waals surface area contributed by atoms with E-state index in [-0.39, 0.29) is 0 Å². The Bertz CT molecular complexity index is 701. The molecule has 2 aromatic rings. The Hall–Kier alpha value is -2.18. The second-order valence-electron chi connectivity index (χ2n) is 7.28. The van der Waals surface area contributed by atoms with Gasteiger partial charge >= 0.3 is 0 Å². The molecule has 0 amide bonds. The number of benzene rings is 1. The predicted octanol–water partition coefficient (Wildman–Crippen LogP) is 2.94. The van der Waals surface area contributed by atoms with Crippen molar-refractivity contribution in [1.82, 2.24) is 14.9 Å². The molecule has 1 fully saturated rings. The molecule has 1 aromatic heterocycles. The molecule has 0 saturated carbocycles. The van der Waals surface area contributed by atoms with Crippen LogP contribution in [-0.2, 0) is 11.3 Å². The molecule has 1 aliphatic rings. The highest BCUT2D eigenvalue weighted by Gasteiger charge is 2.16. The van der Waals surface area contributed by atoms with Crippen molar-refractivity contribution in [1.29, 1.82) is 0 Å². The molecule has 2 heterocycles. The third-order valence-electron chi connectivity index (χ3n) is 4.76. The van der Waals surface area contributed by atoms with Crippen LogP contribution in [0.4, 0.5) is 11.8 Å². The van der Waals surface area contributed by atoms with Gasteiger partial charge in [-0.15, -0.1) is 0 Å². The highest BCUT2D eigenvalue weighted by molar-refractivity contribution is 5.44. The Morgan fingerprint density at radius 2 is 1.89 bits per heavy atom. The number of morpholine rings is 1. The zero-order valence-corrected chi connectivity index (χ0v) is 16.7.